The van der Waals surface area contributed by atoms with Crippen LogP contribution in [0.5, 0.6) is 0 Å². The van der Waals surface area contributed by atoms with Gasteiger partial charge in [-0.2, -0.15) is 0 Å². The highest BCUT2D eigenvalue weighted by Gasteiger charge is 2.15. The van der Waals surface area contributed by atoms with E-state index in [1.54, 1.807) is 0 Å². The molecule has 0 radical (unpaired) electrons. The van der Waals surface area contributed by atoms with E-state index in [-0.39, 0.29) is 25.1 Å². The van der Waals surface area contributed by atoms with Crippen LogP contribution in [-0.2, 0) is 4.79 Å². The first-order valence-corrected chi connectivity index (χ1v) is 7.15. The van der Waals surface area contributed by atoms with E-state index in [0.29, 0.717) is 28.8 Å². The third-order valence-corrected chi connectivity index (χ3v) is 3.24. The van der Waals surface area contributed by atoms with Crippen LogP contribution >= 0.6 is 23.2 Å². The second kappa shape index (κ2) is 8.42. The molecule has 0 aromatic carbocycles. The fraction of sp³-hybridized carbons (Fsp3) is 0.538. The van der Waals surface area contributed by atoms with E-state index >= 15 is 0 Å². The zero-order valence-electron chi connectivity index (χ0n) is 11.6. The number of amides is 1. The van der Waals surface area contributed by atoms with Crippen LogP contribution in [0.15, 0.2) is 12.3 Å². The van der Waals surface area contributed by atoms with E-state index in [0.717, 1.165) is 0 Å². The first-order chi connectivity index (χ1) is 9.43. The van der Waals surface area contributed by atoms with Crippen LogP contribution in [0.4, 0.5) is 5.82 Å². The first-order valence-electron chi connectivity index (χ1n) is 6.40. The van der Waals surface area contributed by atoms with Crippen molar-refractivity contribution in [3.05, 3.63) is 22.3 Å². The monoisotopic (exact) mass is 319 g/mol. The number of nitrogens with one attached hydrogen (secondary N) is 1. The van der Waals surface area contributed by atoms with Crippen molar-refractivity contribution < 1.29 is 9.90 Å². The van der Waals surface area contributed by atoms with Crippen LogP contribution < -0.4 is 5.32 Å². The predicted molar refractivity (Wildman–Crippen MR) is 81.3 cm³/mol. The number of pyridine rings is 1. The Morgan fingerprint density at radius 3 is 2.75 bits per heavy atom. The summed E-state index contributed by atoms with van der Waals surface area (Å²) in [5.74, 6) is 0.0975. The molecule has 2 N–H and O–H groups in total. The number of aromatic nitrogens is 1. The topological polar surface area (TPSA) is 65.5 Å². The van der Waals surface area contributed by atoms with Crippen LogP contribution in [0.3, 0.4) is 0 Å². The van der Waals surface area contributed by atoms with Crippen molar-refractivity contribution in [2.45, 2.75) is 26.3 Å². The van der Waals surface area contributed by atoms with Crippen molar-refractivity contribution in [2.75, 3.05) is 25.0 Å². The van der Waals surface area contributed by atoms with Gasteiger partial charge in [0.1, 0.15) is 0 Å². The number of anilines is 1. The minimum atomic E-state index is -0.201. The Kier molecular flexibility index (Phi) is 7.23. The van der Waals surface area contributed by atoms with Gasteiger partial charge in [-0.1, -0.05) is 23.2 Å². The van der Waals surface area contributed by atoms with Gasteiger partial charge in [0.2, 0.25) is 5.91 Å². The summed E-state index contributed by atoms with van der Waals surface area (Å²) in [5.41, 5.74) is 0. The van der Waals surface area contributed by atoms with Crippen molar-refractivity contribution in [2.24, 2.45) is 0 Å². The molecular formula is C13H19Cl2N3O2. The SMILES string of the molecule is CC(C)N(CCCO)CC(=O)Nc1ncc(Cl)cc1Cl. The van der Waals surface area contributed by atoms with E-state index in [2.05, 4.69) is 10.3 Å². The average Bonchev–Trinajstić information content (AvgIpc) is 2.37. The van der Waals surface area contributed by atoms with E-state index in [1.807, 2.05) is 18.7 Å². The maximum atomic E-state index is 12.0. The zero-order valence-corrected chi connectivity index (χ0v) is 13.1. The van der Waals surface area contributed by atoms with Crippen LogP contribution in [-0.4, -0.2) is 46.6 Å². The molecular weight excluding hydrogens is 301 g/mol. The number of rotatable bonds is 7. The van der Waals surface area contributed by atoms with Crippen molar-refractivity contribution in [1.29, 1.82) is 0 Å². The molecule has 5 nitrogen and oxygen atoms in total. The Morgan fingerprint density at radius 1 is 1.50 bits per heavy atom. The molecule has 20 heavy (non-hydrogen) atoms. The molecule has 0 fully saturated rings. The molecule has 0 aliphatic rings. The number of hydrogen-bond donors (Lipinski definition) is 2. The number of halogens is 2. The van der Waals surface area contributed by atoms with E-state index < -0.39 is 0 Å². The lowest BCUT2D eigenvalue weighted by atomic mass is 10.3. The molecule has 112 valence electrons. The van der Waals surface area contributed by atoms with Gasteiger partial charge in [-0.25, -0.2) is 4.98 Å². The standard InChI is InChI=1S/C13H19Cl2N3O2/c1-9(2)18(4-3-5-19)8-12(20)17-13-11(15)6-10(14)7-16-13/h6-7,9,19H,3-5,8H2,1-2H3,(H,16,17,20). The first kappa shape index (κ1) is 17.2. The predicted octanol–water partition coefficient (Wildman–Crippen LogP) is 2.42. The van der Waals surface area contributed by atoms with E-state index in [9.17, 15) is 4.79 Å². The number of carbonyl (C=O) groups excluding carboxylic acids is 1. The molecule has 1 aromatic heterocycles. The summed E-state index contributed by atoms with van der Waals surface area (Å²) in [6.07, 6.45) is 2.06. The second-order valence-electron chi connectivity index (χ2n) is 4.67. The summed E-state index contributed by atoms with van der Waals surface area (Å²) in [7, 11) is 0. The number of aliphatic hydroxyl groups excluding tert-OH is 1. The Balaban J connectivity index is 2.61. The molecule has 0 saturated carbocycles. The zero-order chi connectivity index (χ0) is 15.1. The number of hydrogen-bond acceptors (Lipinski definition) is 4. The molecule has 0 spiro atoms. The van der Waals surface area contributed by atoms with Gasteiger partial charge in [0.15, 0.2) is 5.82 Å². The second-order valence-corrected chi connectivity index (χ2v) is 5.52. The van der Waals surface area contributed by atoms with Gasteiger partial charge in [-0.3, -0.25) is 9.69 Å². The van der Waals surface area contributed by atoms with Gasteiger partial charge in [0.25, 0.3) is 0 Å². The smallest absolute Gasteiger partial charge is 0.239 e. The Hall–Kier alpha value is -0.880. The van der Waals surface area contributed by atoms with Gasteiger partial charge >= 0.3 is 0 Å². The van der Waals surface area contributed by atoms with E-state index in [4.69, 9.17) is 28.3 Å². The molecule has 0 atom stereocenters. The maximum Gasteiger partial charge on any atom is 0.239 e. The average molecular weight is 320 g/mol. The number of carbonyl (C=O) groups is 1. The van der Waals surface area contributed by atoms with Gasteiger partial charge in [-0.15, -0.1) is 0 Å². The summed E-state index contributed by atoms with van der Waals surface area (Å²) in [6, 6.07) is 1.73. The van der Waals surface area contributed by atoms with Crippen LogP contribution in [0, 0.1) is 0 Å². The largest absolute Gasteiger partial charge is 0.396 e. The van der Waals surface area contributed by atoms with Crippen molar-refractivity contribution >= 4 is 34.9 Å². The molecule has 0 saturated heterocycles. The highest BCUT2D eigenvalue weighted by Crippen LogP contribution is 2.22. The van der Waals surface area contributed by atoms with Crippen molar-refractivity contribution in [1.82, 2.24) is 9.88 Å². The van der Waals surface area contributed by atoms with Crippen LogP contribution in [0.2, 0.25) is 10.0 Å². The minimum Gasteiger partial charge on any atom is -0.396 e. The molecule has 0 aliphatic heterocycles. The molecule has 1 rings (SSSR count). The summed E-state index contributed by atoms with van der Waals surface area (Å²) in [6.45, 7) is 4.98. The Labute approximate surface area is 128 Å². The lowest BCUT2D eigenvalue weighted by Gasteiger charge is -2.25. The fourth-order valence-corrected chi connectivity index (χ4v) is 2.08. The normalized spacial score (nSPS) is 11.2. The number of aliphatic hydroxyl groups is 1. The van der Waals surface area contributed by atoms with Gasteiger partial charge in [0.05, 0.1) is 16.6 Å². The highest BCUT2D eigenvalue weighted by molar-refractivity contribution is 6.36. The highest BCUT2D eigenvalue weighted by atomic mass is 35.5. The minimum absolute atomic E-state index is 0.107. The Morgan fingerprint density at radius 2 is 2.20 bits per heavy atom. The van der Waals surface area contributed by atoms with Crippen molar-refractivity contribution in [3.63, 3.8) is 0 Å². The van der Waals surface area contributed by atoms with Crippen LogP contribution in [0.25, 0.3) is 0 Å². The molecule has 1 heterocycles. The number of nitrogens with zero attached hydrogens (tertiary/aromatic N) is 2. The molecule has 1 amide bonds. The summed E-state index contributed by atoms with van der Waals surface area (Å²) in [4.78, 5) is 17.9. The molecule has 1 aromatic rings. The van der Waals surface area contributed by atoms with Gasteiger partial charge in [-0.05, 0) is 26.3 Å². The Bertz CT molecular complexity index is 455. The molecule has 0 aliphatic carbocycles. The third-order valence-electron chi connectivity index (χ3n) is 2.75. The van der Waals surface area contributed by atoms with Crippen molar-refractivity contribution in [3.8, 4) is 0 Å². The van der Waals surface area contributed by atoms with E-state index in [1.165, 1.54) is 12.3 Å². The summed E-state index contributed by atoms with van der Waals surface area (Å²) >= 11 is 11.7. The van der Waals surface area contributed by atoms with Gasteiger partial charge in [0, 0.05) is 25.4 Å². The molecule has 0 unspecified atom stereocenters. The summed E-state index contributed by atoms with van der Waals surface area (Å²) < 4.78 is 0. The lowest BCUT2D eigenvalue weighted by molar-refractivity contribution is -0.117. The van der Waals surface area contributed by atoms with Gasteiger partial charge < -0.3 is 10.4 Å². The fourth-order valence-electron chi connectivity index (χ4n) is 1.66. The maximum absolute atomic E-state index is 12.0. The molecule has 7 heteroatoms. The third kappa shape index (κ3) is 5.63. The summed E-state index contributed by atoms with van der Waals surface area (Å²) in [5, 5.41) is 12.2. The molecule has 0 bridgehead atoms. The lowest BCUT2D eigenvalue weighted by Crippen LogP contribution is -2.39. The quantitative estimate of drug-likeness (QED) is 0.810. The van der Waals surface area contributed by atoms with Crippen LogP contribution in [0.1, 0.15) is 20.3 Å².